The summed E-state index contributed by atoms with van der Waals surface area (Å²) in [4.78, 5) is 29.1. The van der Waals surface area contributed by atoms with E-state index in [2.05, 4.69) is 4.99 Å². The lowest BCUT2D eigenvalue weighted by Gasteiger charge is -2.62. The molecular weight excluding hydrogens is 286 g/mol. The average Bonchev–Trinajstić information content (AvgIpc) is 2.54. The van der Waals surface area contributed by atoms with Crippen molar-refractivity contribution in [1.29, 1.82) is 0 Å². The molecule has 2 bridgehead atoms. The van der Waals surface area contributed by atoms with Gasteiger partial charge in [-0.3, -0.25) is 0 Å². The number of esters is 2. The van der Waals surface area contributed by atoms with Crippen molar-refractivity contribution in [2.45, 2.75) is 19.4 Å². The molecule has 6 heteroatoms. The SMILES string of the molecule is COC(=O)C1=C(C(=O)OC)C2C=CC1C1(C)N=C(OC)C21C. The van der Waals surface area contributed by atoms with Gasteiger partial charge in [-0.05, 0) is 13.8 Å². The van der Waals surface area contributed by atoms with Crippen molar-refractivity contribution >= 4 is 17.8 Å². The Balaban J connectivity index is 2.23. The molecular formula is C16H19NO5. The maximum Gasteiger partial charge on any atom is 0.334 e. The summed E-state index contributed by atoms with van der Waals surface area (Å²) < 4.78 is 15.2. The maximum atomic E-state index is 12.3. The normalized spacial score (nSPS) is 38.0. The Morgan fingerprint density at radius 2 is 1.50 bits per heavy atom. The summed E-state index contributed by atoms with van der Waals surface area (Å²) in [5.41, 5.74) is -0.298. The molecule has 1 aliphatic heterocycles. The van der Waals surface area contributed by atoms with Crippen LogP contribution in [-0.2, 0) is 23.8 Å². The van der Waals surface area contributed by atoms with E-state index in [0.29, 0.717) is 17.0 Å². The minimum Gasteiger partial charge on any atom is -0.484 e. The number of hydrogen-bond acceptors (Lipinski definition) is 6. The van der Waals surface area contributed by atoms with Crippen LogP contribution in [0.2, 0.25) is 0 Å². The molecule has 6 nitrogen and oxygen atoms in total. The number of methoxy groups -OCH3 is 3. The first-order chi connectivity index (χ1) is 10.4. The van der Waals surface area contributed by atoms with Gasteiger partial charge in [0.15, 0.2) is 5.90 Å². The van der Waals surface area contributed by atoms with E-state index in [1.807, 2.05) is 26.0 Å². The summed E-state index contributed by atoms with van der Waals surface area (Å²) in [6.07, 6.45) is 3.87. The number of aliphatic imine (C=N–C) groups is 1. The van der Waals surface area contributed by atoms with Gasteiger partial charge in [0.25, 0.3) is 0 Å². The number of carbonyl (C=O) groups is 2. The zero-order valence-corrected chi connectivity index (χ0v) is 13.3. The molecule has 22 heavy (non-hydrogen) atoms. The van der Waals surface area contributed by atoms with Crippen LogP contribution in [0.1, 0.15) is 13.8 Å². The van der Waals surface area contributed by atoms with Crippen molar-refractivity contribution in [1.82, 2.24) is 0 Å². The van der Waals surface area contributed by atoms with Crippen LogP contribution in [0.5, 0.6) is 0 Å². The molecule has 0 saturated heterocycles. The minimum atomic E-state index is -0.529. The van der Waals surface area contributed by atoms with Gasteiger partial charge in [-0.15, -0.1) is 0 Å². The fraction of sp³-hybridized carbons (Fsp3) is 0.562. The molecule has 4 atom stereocenters. The number of nitrogens with zero attached hydrogens (tertiary/aromatic N) is 1. The molecule has 0 amide bonds. The quantitative estimate of drug-likeness (QED) is 0.567. The highest BCUT2D eigenvalue weighted by atomic mass is 16.5. The van der Waals surface area contributed by atoms with E-state index in [4.69, 9.17) is 14.2 Å². The van der Waals surface area contributed by atoms with E-state index < -0.39 is 22.9 Å². The number of hydrogen-bond donors (Lipinski definition) is 0. The average molecular weight is 305 g/mol. The first-order valence-corrected chi connectivity index (χ1v) is 7.10. The Morgan fingerprint density at radius 3 is 2.00 bits per heavy atom. The van der Waals surface area contributed by atoms with Gasteiger partial charge < -0.3 is 14.2 Å². The smallest absolute Gasteiger partial charge is 0.334 e. The lowest BCUT2D eigenvalue weighted by atomic mass is 9.45. The Bertz CT molecular complexity index is 661. The molecule has 3 aliphatic carbocycles. The van der Waals surface area contributed by atoms with Gasteiger partial charge in [0.05, 0.1) is 43.4 Å². The molecule has 1 heterocycles. The predicted octanol–water partition coefficient (Wildman–Crippen LogP) is 1.27. The second-order valence-electron chi connectivity index (χ2n) is 6.12. The van der Waals surface area contributed by atoms with Crippen LogP contribution < -0.4 is 0 Å². The van der Waals surface area contributed by atoms with Gasteiger partial charge >= 0.3 is 11.9 Å². The van der Waals surface area contributed by atoms with Gasteiger partial charge in [0.2, 0.25) is 0 Å². The van der Waals surface area contributed by atoms with E-state index in [9.17, 15) is 9.59 Å². The van der Waals surface area contributed by atoms with Crippen molar-refractivity contribution in [3.63, 3.8) is 0 Å². The fourth-order valence-corrected chi connectivity index (χ4v) is 4.10. The number of rotatable bonds is 2. The van der Waals surface area contributed by atoms with Crippen molar-refractivity contribution in [3.05, 3.63) is 23.3 Å². The maximum absolute atomic E-state index is 12.3. The summed E-state index contributed by atoms with van der Waals surface area (Å²) in [5, 5.41) is 0. The van der Waals surface area contributed by atoms with Crippen molar-refractivity contribution in [2.24, 2.45) is 22.2 Å². The number of allylic oxidation sites excluding steroid dienone is 1. The minimum absolute atomic E-state index is 0.323. The van der Waals surface area contributed by atoms with Crippen LogP contribution >= 0.6 is 0 Å². The highest BCUT2D eigenvalue weighted by molar-refractivity contribution is 6.06. The third-order valence-electron chi connectivity index (χ3n) is 5.47. The van der Waals surface area contributed by atoms with Gasteiger partial charge in [0, 0.05) is 11.8 Å². The molecule has 4 aliphatic rings. The van der Waals surface area contributed by atoms with Crippen LogP contribution in [0.15, 0.2) is 28.3 Å². The van der Waals surface area contributed by atoms with Crippen molar-refractivity contribution in [3.8, 4) is 0 Å². The van der Waals surface area contributed by atoms with E-state index in [-0.39, 0.29) is 11.8 Å². The summed E-state index contributed by atoms with van der Waals surface area (Å²) in [5.74, 6) is -1.08. The zero-order chi connectivity index (χ0) is 16.3. The topological polar surface area (TPSA) is 74.2 Å². The molecule has 0 N–H and O–H groups in total. The summed E-state index contributed by atoms with van der Waals surface area (Å²) in [6.45, 7) is 3.99. The molecule has 0 spiro atoms. The molecule has 118 valence electrons. The lowest BCUT2D eigenvalue weighted by molar-refractivity contribution is -0.142. The molecule has 0 saturated carbocycles. The Labute approximate surface area is 128 Å². The second-order valence-corrected chi connectivity index (χ2v) is 6.12. The molecule has 0 aromatic rings. The number of ether oxygens (including phenoxy) is 3. The van der Waals surface area contributed by atoms with Crippen LogP contribution in [0, 0.1) is 17.3 Å². The first kappa shape index (κ1) is 14.8. The summed E-state index contributed by atoms with van der Waals surface area (Å²) in [6, 6.07) is 0. The van der Waals surface area contributed by atoms with Gasteiger partial charge in [-0.25, -0.2) is 14.6 Å². The molecule has 0 fully saturated rings. The molecule has 0 radical (unpaired) electrons. The predicted molar refractivity (Wildman–Crippen MR) is 78.1 cm³/mol. The summed E-state index contributed by atoms with van der Waals surface area (Å²) in [7, 11) is 4.19. The zero-order valence-electron chi connectivity index (χ0n) is 13.3. The number of carbonyl (C=O) groups excluding carboxylic acids is 2. The Hall–Kier alpha value is -2.11. The van der Waals surface area contributed by atoms with E-state index in [0.717, 1.165) is 0 Å². The molecule has 4 rings (SSSR count). The van der Waals surface area contributed by atoms with Gasteiger partial charge in [-0.2, -0.15) is 0 Å². The van der Waals surface area contributed by atoms with Crippen LogP contribution in [-0.4, -0.2) is 44.7 Å². The fourth-order valence-electron chi connectivity index (χ4n) is 4.10. The standard InChI is InChI=1S/C16H19NO5/c1-15-8-6-7-9(16(15,2)17-14(15)22-5)11(13(19)21-4)10(8)12(18)20-3/h6-9H,1-5H3. The van der Waals surface area contributed by atoms with E-state index in [1.165, 1.54) is 14.2 Å². The highest BCUT2D eigenvalue weighted by Gasteiger charge is 2.71. The highest BCUT2D eigenvalue weighted by Crippen LogP contribution is 2.64. The Kier molecular flexibility index (Phi) is 2.99. The molecule has 0 aromatic heterocycles. The molecule has 0 aromatic carbocycles. The third-order valence-corrected chi connectivity index (χ3v) is 5.47. The first-order valence-electron chi connectivity index (χ1n) is 7.10. The van der Waals surface area contributed by atoms with Gasteiger partial charge in [0.1, 0.15) is 0 Å². The Morgan fingerprint density at radius 1 is 1.00 bits per heavy atom. The van der Waals surface area contributed by atoms with E-state index >= 15 is 0 Å². The van der Waals surface area contributed by atoms with Crippen LogP contribution in [0.25, 0.3) is 0 Å². The van der Waals surface area contributed by atoms with Crippen LogP contribution in [0.4, 0.5) is 0 Å². The van der Waals surface area contributed by atoms with Crippen molar-refractivity contribution in [2.75, 3.05) is 21.3 Å². The third kappa shape index (κ3) is 1.38. The summed E-state index contributed by atoms with van der Waals surface area (Å²) >= 11 is 0. The lowest BCUT2D eigenvalue weighted by Crippen LogP contribution is -2.69. The van der Waals surface area contributed by atoms with Gasteiger partial charge in [-0.1, -0.05) is 12.2 Å². The van der Waals surface area contributed by atoms with E-state index in [1.54, 1.807) is 7.11 Å². The largest absolute Gasteiger partial charge is 0.484 e. The molecule has 4 unspecified atom stereocenters. The van der Waals surface area contributed by atoms with Crippen LogP contribution in [0.3, 0.4) is 0 Å². The monoisotopic (exact) mass is 305 g/mol. The van der Waals surface area contributed by atoms with Crippen molar-refractivity contribution < 1.29 is 23.8 Å². The second kappa shape index (κ2) is 4.44.